The van der Waals surface area contributed by atoms with Gasteiger partial charge >= 0.3 is 12.1 Å². The van der Waals surface area contributed by atoms with E-state index >= 15 is 0 Å². The summed E-state index contributed by atoms with van der Waals surface area (Å²) in [6.07, 6.45) is -4.55. The number of hydrogen-bond donors (Lipinski definition) is 5. The van der Waals surface area contributed by atoms with Gasteiger partial charge in [0.1, 0.15) is 24.5 Å². The Bertz CT molecular complexity index is 2400. The minimum Gasteiger partial charge on any atom is -0.479 e. The molecule has 5 atom stereocenters. The first-order valence-electron chi connectivity index (χ1n) is 19.4. The number of carbonyl (C=O) groups is 5. The zero-order valence-corrected chi connectivity index (χ0v) is 32.7. The van der Waals surface area contributed by atoms with Gasteiger partial charge in [0.05, 0.1) is 35.2 Å². The highest BCUT2D eigenvalue weighted by molar-refractivity contribution is 5.96. The molecular formula is C42H45N5O12. The standard InChI is InChI=1S/C42H45N5O12/c1-21(2)46(13-12-25-26-6-4-5-7-30(26)44-37-29(25)18-47-32(37)17-28-27(40(47)53)9-11-33(50)38(28)51)42(56)57-19-23-8-10-31(45-39(52)22(3)43-20-48)34(14-23)58-36-16-24(49)15-35(59-36)41(54)55/h4-8,10,14,17,20-22,24,35-36,38,49,51H,9,11-13,15-16,18-19H2,1-3H3,(H,43,48)(H,45,52)(H,54,55)/t22-,24?,35?,36?,38?/m0/s1. The Morgan fingerprint density at radius 1 is 1.05 bits per heavy atom. The Morgan fingerprint density at radius 3 is 2.58 bits per heavy atom. The Hall–Kier alpha value is -6.17. The maximum atomic E-state index is 13.8. The number of rotatable bonds is 13. The van der Waals surface area contributed by atoms with Crippen molar-refractivity contribution in [3.8, 4) is 17.1 Å². The predicted molar refractivity (Wildman–Crippen MR) is 210 cm³/mol. The lowest BCUT2D eigenvalue weighted by atomic mass is 9.89. The van der Waals surface area contributed by atoms with E-state index in [4.69, 9.17) is 19.2 Å². The second-order valence-electron chi connectivity index (χ2n) is 15.2. The van der Waals surface area contributed by atoms with Gasteiger partial charge in [-0.2, -0.15) is 0 Å². The summed E-state index contributed by atoms with van der Waals surface area (Å²) in [6, 6.07) is 12.7. The molecule has 4 heterocycles. The number of carboxylic acid groups (broad SMARTS) is 1. The van der Waals surface area contributed by atoms with Crippen molar-refractivity contribution >= 4 is 46.8 Å². The normalized spacial score (nSPS) is 19.9. The lowest BCUT2D eigenvalue weighted by Gasteiger charge is -2.31. The molecule has 5 N–H and O–H groups in total. The van der Waals surface area contributed by atoms with Gasteiger partial charge in [0.25, 0.3) is 5.56 Å². The summed E-state index contributed by atoms with van der Waals surface area (Å²) in [5.41, 5.74) is 4.63. The first kappa shape index (κ1) is 41.0. The largest absolute Gasteiger partial charge is 0.479 e. The van der Waals surface area contributed by atoms with Crippen LogP contribution in [-0.4, -0.2) is 97.1 Å². The van der Waals surface area contributed by atoms with Crippen LogP contribution in [0.3, 0.4) is 0 Å². The molecule has 1 saturated heterocycles. The van der Waals surface area contributed by atoms with E-state index < -0.39 is 48.6 Å². The second-order valence-corrected chi connectivity index (χ2v) is 15.2. The number of benzene rings is 2. The van der Waals surface area contributed by atoms with Crippen LogP contribution in [0.15, 0.2) is 53.3 Å². The van der Waals surface area contributed by atoms with E-state index in [1.54, 1.807) is 21.6 Å². The highest BCUT2D eigenvalue weighted by Gasteiger charge is 2.36. The number of amides is 3. The van der Waals surface area contributed by atoms with Gasteiger partial charge in [-0.3, -0.25) is 19.2 Å². The smallest absolute Gasteiger partial charge is 0.410 e. The van der Waals surface area contributed by atoms with E-state index in [1.165, 1.54) is 19.1 Å². The molecule has 59 heavy (non-hydrogen) atoms. The SMILES string of the molecule is CC(C)N(CCc1c2c(nc3ccccc13)-c1cc3c(c(=O)n1C2)CCC(=O)C3O)C(=O)OCc1ccc(NC(=O)[C@H](C)NC=O)c(OC2CC(O)CC(C(=O)O)O2)c1. The molecule has 310 valence electrons. The molecule has 0 bridgehead atoms. The number of aliphatic hydroxyl groups excluding tert-OH is 2. The van der Waals surface area contributed by atoms with Gasteiger partial charge in [-0.1, -0.05) is 24.3 Å². The van der Waals surface area contributed by atoms with Crippen molar-refractivity contribution in [2.24, 2.45) is 0 Å². The van der Waals surface area contributed by atoms with Gasteiger partial charge in [0, 0.05) is 48.4 Å². The maximum Gasteiger partial charge on any atom is 0.410 e. The van der Waals surface area contributed by atoms with Gasteiger partial charge in [0.2, 0.25) is 18.6 Å². The minimum absolute atomic E-state index is 0.0478. The Labute approximate surface area is 337 Å². The van der Waals surface area contributed by atoms with Crippen LogP contribution in [0.25, 0.3) is 22.3 Å². The van der Waals surface area contributed by atoms with E-state index in [9.17, 15) is 44.1 Å². The summed E-state index contributed by atoms with van der Waals surface area (Å²) >= 11 is 0. The molecule has 2 aromatic carbocycles. The molecule has 17 nitrogen and oxygen atoms in total. The van der Waals surface area contributed by atoms with E-state index in [1.807, 2.05) is 38.1 Å². The quantitative estimate of drug-likeness (QED) is 0.108. The molecule has 0 spiro atoms. The molecule has 3 amide bonds. The zero-order chi connectivity index (χ0) is 42.1. The number of carboxylic acids is 1. The Kier molecular flexibility index (Phi) is 11.8. The van der Waals surface area contributed by atoms with Crippen molar-refractivity contribution in [1.82, 2.24) is 19.8 Å². The lowest BCUT2D eigenvalue weighted by molar-refractivity contribution is -0.195. The van der Waals surface area contributed by atoms with Crippen LogP contribution in [0.4, 0.5) is 10.5 Å². The van der Waals surface area contributed by atoms with Crippen molar-refractivity contribution in [3.05, 3.63) is 86.7 Å². The molecule has 2 aliphatic heterocycles. The van der Waals surface area contributed by atoms with Gasteiger partial charge < -0.3 is 49.6 Å². The van der Waals surface area contributed by atoms with E-state index in [0.717, 1.165) is 16.5 Å². The van der Waals surface area contributed by atoms with Crippen LogP contribution in [0.1, 0.15) is 74.0 Å². The number of aliphatic carboxylic acids is 1. The Balaban J connectivity index is 1.11. The number of Topliss-reactive ketones (excluding diaryl/α,β-unsaturated/α-hetero) is 1. The number of hydrogen-bond acceptors (Lipinski definition) is 12. The number of ether oxygens (including phenoxy) is 3. The van der Waals surface area contributed by atoms with Crippen molar-refractivity contribution in [2.45, 2.75) is 103 Å². The molecule has 3 aliphatic rings. The highest BCUT2D eigenvalue weighted by Crippen LogP contribution is 2.38. The first-order valence-corrected chi connectivity index (χ1v) is 19.4. The number of nitrogens with zero attached hydrogens (tertiary/aromatic N) is 3. The molecule has 0 saturated carbocycles. The summed E-state index contributed by atoms with van der Waals surface area (Å²) in [6.45, 7) is 5.46. The van der Waals surface area contributed by atoms with Crippen molar-refractivity contribution in [1.29, 1.82) is 0 Å². The number of fused-ring (bicyclic) bond motifs is 5. The van der Waals surface area contributed by atoms with Crippen molar-refractivity contribution in [2.75, 3.05) is 11.9 Å². The summed E-state index contributed by atoms with van der Waals surface area (Å²) in [5.74, 6) is -2.11. The van der Waals surface area contributed by atoms with Crippen LogP contribution in [0.2, 0.25) is 0 Å². The molecule has 17 heteroatoms. The molecular weight excluding hydrogens is 766 g/mol. The fraction of sp³-hybridized carbons (Fsp3) is 0.405. The van der Waals surface area contributed by atoms with Gasteiger partial charge in [-0.25, -0.2) is 14.6 Å². The molecule has 7 rings (SSSR count). The number of para-hydroxylation sites is 1. The van der Waals surface area contributed by atoms with Crippen LogP contribution in [-0.2, 0) is 54.6 Å². The maximum absolute atomic E-state index is 13.8. The number of ketones is 1. The molecule has 4 unspecified atom stereocenters. The monoisotopic (exact) mass is 811 g/mol. The summed E-state index contributed by atoms with van der Waals surface area (Å²) in [4.78, 5) is 81.7. The molecule has 1 fully saturated rings. The minimum atomic E-state index is -1.36. The number of nitrogens with one attached hydrogen (secondary N) is 2. The van der Waals surface area contributed by atoms with Crippen molar-refractivity contribution in [3.63, 3.8) is 0 Å². The second kappa shape index (κ2) is 17.0. The third-order valence-corrected chi connectivity index (χ3v) is 11.0. The fourth-order valence-electron chi connectivity index (χ4n) is 7.79. The van der Waals surface area contributed by atoms with E-state index in [-0.39, 0.29) is 74.2 Å². The van der Waals surface area contributed by atoms with Crippen LogP contribution >= 0.6 is 0 Å². The number of pyridine rings is 2. The third-order valence-electron chi connectivity index (χ3n) is 11.0. The summed E-state index contributed by atoms with van der Waals surface area (Å²) < 4.78 is 19.0. The number of anilines is 1. The van der Waals surface area contributed by atoms with Crippen LogP contribution < -0.4 is 20.9 Å². The fourth-order valence-corrected chi connectivity index (χ4v) is 7.79. The van der Waals surface area contributed by atoms with Crippen LogP contribution in [0.5, 0.6) is 5.75 Å². The van der Waals surface area contributed by atoms with Gasteiger partial charge in [-0.05, 0) is 74.6 Å². The summed E-state index contributed by atoms with van der Waals surface area (Å²) in [5, 5.41) is 36.4. The van der Waals surface area contributed by atoms with Crippen LogP contribution in [0, 0.1) is 0 Å². The van der Waals surface area contributed by atoms with Gasteiger partial charge in [0.15, 0.2) is 11.9 Å². The predicted octanol–water partition coefficient (Wildman–Crippen LogP) is 2.97. The number of aliphatic hydroxyl groups is 2. The third kappa shape index (κ3) is 8.39. The number of carbonyl (C=O) groups excluding carboxylic acids is 4. The van der Waals surface area contributed by atoms with E-state index in [2.05, 4.69) is 10.6 Å². The number of aromatic nitrogens is 2. The first-order chi connectivity index (χ1) is 28.2. The van der Waals surface area contributed by atoms with E-state index in [0.29, 0.717) is 46.4 Å². The average Bonchev–Trinajstić information content (AvgIpc) is 3.57. The van der Waals surface area contributed by atoms with Crippen molar-refractivity contribution < 1.29 is 53.5 Å². The lowest BCUT2D eigenvalue weighted by Crippen LogP contribution is -2.42. The molecule has 1 aliphatic carbocycles. The molecule has 2 aromatic heterocycles. The highest BCUT2D eigenvalue weighted by atomic mass is 16.7. The Morgan fingerprint density at radius 2 is 1.83 bits per heavy atom. The van der Waals surface area contributed by atoms with Gasteiger partial charge in [-0.15, -0.1) is 0 Å². The average molecular weight is 812 g/mol. The summed E-state index contributed by atoms with van der Waals surface area (Å²) in [7, 11) is 0. The zero-order valence-electron chi connectivity index (χ0n) is 32.7. The topological polar surface area (TPSA) is 236 Å². The molecule has 4 aromatic rings. The molecule has 0 radical (unpaired) electrons.